The predicted octanol–water partition coefficient (Wildman–Crippen LogP) is 4.19. The van der Waals surface area contributed by atoms with E-state index in [0.717, 1.165) is 12.8 Å². The first kappa shape index (κ1) is 22.7. The summed E-state index contributed by atoms with van der Waals surface area (Å²) in [7, 11) is 0. The van der Waals surface area contributed by atoms with Crippen LogP contribution in [0.5, 0.6) is 5.75 Å². The molecule has 0 aliphatic carbocycles. The molecule has 7 heteroatoms. The third-order valence-electron chi connectivity index (χ3n) is 4.47. The van der Waals surface area contributed by atoms with E-state index >= 15 is 0 Å². The minimum Gasteiger partial charge on any atom is -0.484 e. The third kappa shape index (κ3) is 7.06. The highest BCUT2D eigenvalue weighted by Gasteiger charge is 2.27. The molecular weight excluding hydrogens is 395 g/mol. The molecule has 2 amide bonds. The van der Waals surface area contributed by atoms with Crippen molar-refractivity contribution in [3.63, 3.8) is 0 Å². The molecule has 2 rings (SSSR count). The molecule has 5 nitrogen and oxygen atoms in total. The van der Waals surface area contributed by atoms with Gasteiger partial charge in [0.15, 0.2) is 6.61 Å². The zero-order valence-corrected chi connectivity index (χ0v) is 17.4. The van der Waals surface area contributed by atoms with E-state index in [1.807, 2.05) is 6.92 Å². The zero-order chi connectivity index (χ0) is 21.2. The van der Waals surface area contributed by atoms with Crippen molar-refractivity contribution >= 4 is 23.4 Å². The summed E-state index contributed by atoms with van der Waals surface area (Å²) in [5.74, 6) is -0.646. The van der Waals surface area contributed by atoms with Crippen LogP contribution >= 0.6 is 11.6 Å². The summed E-state index contributed by atoms with van der Waals surface area (Å²) >= 11 is 5.85. The molecule has 0 radical (unpaired) electrons. The number of hydrogen-bond acceptors (Lipinski definition) is 3. The van der Waals surface area contributed by atoms with Crippen molar-refractivity contribution in [1.82, 2.24) is 10.2 Å². The van der Waals surface area contributed by atoms with Crippen LogP contribution in [0.25, 0.3) is 0 Å². The second-order valence-corrected chi connectivity index (χ2v) is 7.11. The van der Waals surface area contributed by atoms with E-state index in [0.29, 0.717) is 22.9 Å². The Balaban J connectivity index is 2.11. The smallest absolute Gasteiger partial charge is 0.261 e. The van der Waals surface area contributed by atoms with Crippen molar-refractivity contribution in [2.75, 3.05) is 13.2 Å². The highest BCUT2D eigenvalue weighted by Crippen LogP contribution is 2.17. The number of nitrogens with one attached hydrogen (secondary N) is 1. The SMILES string of the molecule is CCCCNC(=O)[C@H](C)N(Cc1ccccc1F)C(=O)COc1ccc(Cl)cc1. The highest BCUT2D eigenvalue weighted by molar-refractivity contribution is 6.30. The molecule has 0 aromatic heterocycles. The fraction of sp³-hybridized carbons (Fsp3) is 0.364. The summed E-state index contributed by atoms with van der Waals surface area (Å²) in [4.78, 5) is 26.7. The second-order valence-electron chi connectivity index (χ2n) is 6.68. The van der Waals surface area contributed by atoms with Gasteiger partial charge in [-0.05, 0) is 43.7 Å². The number of nitrogens with zero attached hydrogens (tertiary/aromatic N) is 1. The molecule has 2 aromatic carbocycles. The third-order valence-corrected chi connectivity index (χ3v) is 4.72. The van der Waals surface area contributed by atoms with Gasteiger partial charge in [-0.3, -0.25) is 9.59 Å². The van der Waals surface area contributed by atoms with Gasteiger partial charge in [-0.15, -0.1) is 0 Å². The molecule has 29 heavy (non-hydrogen) atoms. The van der Waals surface area contributed by atoms with Gasteiger partial charge in [-0.2, -0.15) is 0 Å². The van der Waals surface area contributed by atoms with Crippen LogP contribution in [0.1, 0.15) is 32.3 Å². The van der Waals surface area contributed by atoms with Crippen LogP contribution < -0.4 is 10.1 Å². The zero-order valence-electron chi connectivity index (χ0n) is 16.7. The van der Waals surface area contributed by atoms with E-state index in [1.165, 1.54) is 11.0 Å². The minimum absolute atomic E-state index is 0.0299. The molecule has 0 unspecified atom stereocenters. The molecule has 0 fully saturated rings. The highest BCUT2D eigenvalue weighted by atomic mass is 35.5. The van der Waals surface area contributed by atoms with E-state index in [1.54, 1.807) is 49.4 Å². The minimum atomic E-state index is -0.771. The number of hydrogen-bond donors (Lipinski definition) is 1. The molecule has 1 N–H and O–H groups in total. The molecule has 0 saturated carbocycles. The van der Waals surface area contributed by atoms with Crippen LogP contribution in [0.2, 0.25) is 5.02 Å². The van der Waals surface area contributed by atoms with Crippen molar-refractivity contribution in [1.29, 1.82) is 0 Å². The number of rotatable bonds is 10. The van der Waals surface area contributed by atoms with Crippen LogP contribution in [0.3, 0.4) is 0 Å². The maximum absolute atomic E-state index is 14.1. The van der Waals surface area contributed by atoms with E-state index < -0.39 is 17.8 Å². The van der Waals surface area contributed by atoms with Gasteiger partial charge in [0.2, 0.25) is 5.91 Å². The fourth-order valence-corrected chi connectivity index (χ4v) is 2.81. The Morgan fingerprint density at radius 3 is 2.52 bits per heavy atom. The number of unbranched alkanes of at least 4 members (excludes halogenated alkanes) is 1. The Morgan fingerprint density at radius 2 is 1.86 bits per heavy atom. The van der Waals surface area contributed by atoms with E-state index in [-0.39, 0.29) is 19.1 Å². The fourth-order valence-electron chi connectivity index (χ4n) is 2.69. The lowest BCUT2D eigenvalue weighted by Crippen LogP contribution is -2.49. The lowest BCUT2D eigenvalue weighted by Gasteiger charge is -2.29. The molecule has 0 heterocycles. The molecule has 0 aliphatic heterocycles. The summed E-state index contributed by atoms with van der Waals surface area (Å²) in [6.45, 7) is 3.88. The van der Waals surface area contributed by atoms with Crippen molar-refractivity contribution in [2.24, 2.45) is 0 Å². The summed E-state index contributed by atoms with van der Waals surface area (Å²) < 4.78 is 19.7. The van der Waals surface area contributed by atoms with Gasteiger partial charge in [0.1, 0.15) is 17.6 Å². The van der Waals surface area contributed by atoms with E-state index in [9.17, 15) is 14.0 Å². The Hall–Kier alpha value is -2.60. The largest absolute Gasteiger partial charge is 0.484 e. The topological polar surface area (TPSA) is 58.6 Å². The van der Waals surface area contributed by atoms with Crippen molar-refractivity contribution in [2.45, 2.75) is 39.3 Å². The Morgan fingerprint density at radius 1 is 1.17 bits per heavy atom. The molecule has 0 bridgehead atoms. The van der Waals surface area contributed by atoms with Crippen molar-refractivity contribution in [3.8, 4) is 5.75 Å². The number of ether oxygens (including phenoxy) is 1. The van der Waals surface area contributed by atoms with Gasteiger partial charge in [0.25, 0.3) is 5.91 Å². The Labute approximate surface area is 175 Å². The standard InChI is InChI=1S/C22H26ClFN2O3/c1-3-4-13-25-22(28)16(2)26(14-17-7-5-6-8-20(17)24)21(27)15-29-19-11-9-18(23)10-12-19/h5-12,16H,3-4,13-15H2,1-2H3,(H,25,28)/t16-/m0/s1. The number of carbonyl (C=O) groups excluding carboxylic acids is 2. The van der Waals surface area contributed by atoms with Crippen LogP contribution in [-0.2, 0) is 16.1 Å². The van der Waals surface area contributed by atoms with Crippen LogP contribution in [0.4, 0.5) is 4.39 Å². The number of amides is 2. The Kier molecular flexibility index (Phi) is 8.93. The van der Waals surface area contributed by atoms with Gasteiger partial charge < -0.3 is 15.0 Å². The molecule has 1 atom stereocenters. The van der Waals surface area contributed by atoms with Gasteiger partial charge in [-0.1, -0.05) is 43.1 Å². The molecule has 0 aliphatic rings. The quantitative estimate of drug-likeness (QED) is 0.586. The number of benzene rings is 2. The number of halogens is 2. The maximum Gasteiger partial charge on any atom is 0.261 e. The van der Waals surface area contributed by atoms with Gasteiger partial charge >= 0.3 is 0 Å². The molecule has 0 saturated heterocycles. The first-order valence-corrected chi connectivity index (χ1v) is 9.99. The first-order valence-electron chi connectivity index (χ1n) is 9.61. The van der Waals surface area contributed by atoms with Crippen LogP contribution in [0.15, 0.2) is 48.5 Å². The second kappa shape index (κ2) is 11.4. The lowest BCUT2D eigenvalue weighted by atomic mass is 10.1. The normalized spacial score (nSPS) is 11.6. The van der Waals surface area contributed by atoms with Crippen LogP contribution in [0, 0.1) is 5.82 Å². The van der Waals surface area contributed by atoms with Crippen LogP contribution in [-0.4, -0.2) is 35.9 Å². The van der Waals surface area contributed by atoms with Gasteiger partial charge in [0.05, 0.1) is 0 Å². The average Bonchev–Trinajstić information content (AvgIpc) is 2.72. The van der Waals surface area contributed by atoms with E-state index in [4.69, 9.17) is 16.3 Å². The van der Waals surface area contributed by atoms with Gasteiger partial charge in [0, 0.05) is 23.7 Å². The average molecular weight is 421 g/mol. The molecule has 2 aromatic rings. The molecule has 0 spiro atoms. The van der Waals surface area contributed by atoms with Gasteiger partial charge in [-0.25, -0.2) is 4.39 Å². The summed E-state index contributed by atoms with van der Waals surface area (Å²) in [5, 5.41) is 3.37. The summed E-state index contributed by atoms with van der Waals surface area (Å²) in [6, 6.07) is 12.0. The van der Waals surface area contributed by atoms with E-state index in [2.05, 4.69) is 5.32 Å². The maximum atomic E-state index is 14.1. The summed E-state index contributed by atoms with van der Waals surface area (Å²) in [5.41, 5.74) is 0.334. The monoisotopic (exact) mass is 420 g/mol. The lowest BCUT2D eigenvalue weighted by molar-refractivity contribution is -0.142. The predicted molar refractivity (Wildman–Crippen MR) is 111 cm³/mol. The Bertz CT molecular complexity index is 814. The van der Waals surface area contributed by atoms with Crippen molar-refractivity contribution < 1.29 is 18.7 Å². The molecular formula is C22H26ClFN2O3. The summed E-state index contributed by atoms with van der Waals surface area (Å²) in [6.07, 6.45) is 1.79. The molecule has 156 valence electrons. The number of carbonyl (C=O) groups is 2. The first-order chi connectivity index (χ1) is 13.9. The van der Waals surface area contributed by atoms with Crippen molar-refractivity contribution in [3.05, 3.63) is 64.9 Å².